The standard InChI is InChI=1S/C8H19N3O4S/c1-4-8(9,5-2)6-10-16(13,14)11-7(12)15-3/h10H,4-6,9H2,1-3H3,(H,11,12). The molecule has 7 nitrogen and oxygen atoms in total. The van der Waals surface area contributed by atoms with E-state index in [0.29, 0.717) is 12.8 Å². The SMILES string of the molecule is CCC(N)(CC)CNS(=O)(=O)NC(=O)OC. The zero-order valence-corrected chi connectivity index (χ0v) is 10.6. The van der Waals surface area contributed by atoms with Gasteiger partial charge in [0.25, 0.3) is 0 Å². The van der Waals surface area contributed by atoms with Gasteiger partial charge < -0.3 is 10.5 Å². The van der Waals surface area contributed by atoms with Crippen molar-refractivity contribution in [2.24, 2.45) is 5.73 Å². The van der Waals surface area contributed by atoms with Gasteiger partial charge in [0.2, 0.25) is 0 Å². The minimum Gasteiger partial charge on any atom is -0.452 e. The molecule has 8 heteroatoms. The van der Waals surface area contributed by atoms with E-state index in [-0.39, 0.29) is 6.54 Å². The third kappa shape index (κ3) is 5.29. The predicted octanol–water partition coefficient (Wildman–Crippen LogP) is -0.306. The van der Waals surface area contributed by atoms with E-state index in [1.54, 1.807) is 4.72 Å². The van der Waals surface area contributed by atoms with E-state index in [1.807, 2.05) is 13.8 Å². The summed E-state index contributed by atoms with van der Waals surface area (Å²) in [5.74, 6) is 0. The molecule has 1 amide bonds. The van der Waals surface area contributed by atoms with Crippen LogP contribution in [0.4, 0.5) is 4.79 Å². The molecule has 0 aliphatic rings. The molecule has 0 atom stereocenters. The van der Waals surface area contributed by atoms with Crippen molar-refractivity contribution in [3.05, 3.63) is 0 Å². The van der Waals surface area contributed by atoms with Crippen molar-refractivity contribution in [2.75, 3.05) is 13.7 Å². The molecule has 0 saturated heterocycles. The van der Waals surface area contributed by atoms with Gasteiger partial charge in [-0.15, -0.1) is 0 Å². The first-order valence-electron chi connectivity index (χ1n) is 4.93. The Bertz CT molecular complexity index is 324. The molecule has 16 heavy (non-hydrogen) atoms. The fraction of sp³-hybridized carbons (Fsp3) is 0.875. The maximum atomic E-state index is 11.3. The Labute approximate surface area is 95.9 Å². The van der Waals surface area contributed by atoms with E-state index in [9.17, 15) is 13.2 Å². The molecule has 0 saturated carbocycles. The molecule has 0 unspecified atom stereocenters. The van der Waals surface area contributed by atoms with Crippen molar-refractivity contribution in [1.82, 2.24) is 9.44 Å². The molecule has 0 aliphatic heterocycles. The summed E-state index contributed by atoms with van der Waals surface area (Å²) in [5, 5.41) is 0. The highest BCUT2D eigenvalue weighted by Crippen LogP contribution is 2.09. The normalized spacial score (nSPS) is 12.2. The molecule has 0 aromatic carbocycles. The fourth-order valence-corrected chi connectivity index (χ4v) is 1.78. The Morgan fingerprint density at radius 3 is 2.25 bits per heavy atom. The van der Waals surface area contributed by atoms with Crippen LogP contribution in [0.1, 0.15) is 26.7 Å². The number of carbonyl (C=O) groups excluding carboxylic acids is 1. The summed E-state index contributed by atoms with van der Waals surface area (Å²) in [6.07, 6.45) is 0.220. The first-order valence-corrected chi connectivity index (χ1v) is 6.41. The number of amides is 1. The van der Waals surface area contributed by atoms with Crippen LogP contribution in [0.15, 0.2) is 0 Å². The largest absolute Gasteiger partial charge is 0.452 e. The number of carbonyl (C=O) groups is 1. The van der Waals surface area contributed by atoms with E-state index in [1.165, 1.54) is 0 Å². The van der Waals surface area contributed by atoms with Crippen LogP contribution in [0, 0.1) is 0 Å². The minimum atomic E-state index is -3.90. The molecule has 0 bridgehead atoms. The van der Waals surface area contributed by atoms with Gasteiger partial charge >= 0.3 is 16.3 Å². The molecule has 0 radical (unpaired) electrons. The molecule has 0 heterocycles. The Morgan fingerprint density at radius 1 is 1.38 bits per heavy atom. The summed E-state index contributed by atoms with van der Waals surface area (Å²) in [6.45, 7) is 3.80. The lowest BCUT2D eigenvalue weighted by atomic mass is 9.95. The Hall–Kier alpha value is -0.860. The average Bonchev–Trinajstić information content (AvgIpc) is 2.25. The second kappa shape index (κ2) is 6.02. The number of nitrogens with two attached hydrogens (primary N) is 1. The summed E-state index contributed by atoms with van der Waals surface area (Å²) in [6, 6.07) is 0. The van der Waals surface area contributed by atoms with Gasteiger partial charge in [0.15, 0.2) is 0 Å². The number of hydrogen-bond donors (Lipinski definition) is 3. The average molecular weight is 253 g/mol. The summed E-state index contributed by atoms with van der Waals surface area (Å²) < 4.78 is 30.6. The van der Waals surface area contributed by atoms with Crippen molar-refractivity contribution < 1.29 is 17.9 Å². The van der Waals surface area contributed by atoms with Crippen molar-refractivity contribution >= 4 is 16.3 Å². The number of hydrogen-bond acceptors (Lipinski definition) is 5. The van der Waals surface area contributed by atoms with Gasteiger partial charge in [0.05, 0.1) is 7.11 Å². The van der Waals surface area contributed by atoms with Crippen LogP contribution in [0.25, 0.3) is 0 Å². The third-order valence-electron chi connectivity index (χ3n) is 2.43. The minimum absolute atomic E-state index is 0.0618. The second-order valence-electron chi connectivity index (χ2n) is 3.49. The summed E-state index contributed by atoms with van der Waals surface area (Å²) in [7, 11) is -2.82. The number of rotatable bonds is 6. The van der Waals surface area contributed by atoms with Gasteiger partial charge in [0, 0.05) is 12.1 Å². The molecule has 0 aliphatic carbocycles. The highest BCUT2D eigenvalue weighted by Gasteiger charge is 2.23. The lowest BCUT2D eigenvalue weighted by Crippen LogP contribution is -2.52. The Balaban J connectivity index is 4.34. The van der Waals surface area contributed by atoms with Crippen LogP contribution >= 0.6 is 0 Å². The van der Waals surface area contributed by atoms with Crippen molar-refractivity contribution in [3.63, 3.8) is 0 Å². The van der Waals surface area contributed by atoms with Crippen LogP contribution in [0.3, 0.4) is 0 Å². The lowest BCUT2D eigenvalue weighted by Gasteiger charge is -2.26. The summed E-state index contributed by atoms with van der Waals surface area (Å²) >= 11 is 0. The van der Waals surface area contributed by atoms with E-state index in [2.05, 4.69) is 9.46 Å². The Morgan fingerprint density at radius 2 is 1.88 bits per heavy atom. The van der Waals surface area contributed by atoms with E-state index < -0.39 is 21.8 Å². The van der Waals surface area contributed by atoms with Crippen LogP contribution in [-0.2, 0) is 14.9 Å². The first kappa shape index (κ1) is 15.1. The number of ether oxygens (including phenoxy) is 1. The monoisotopic (exact) mass is 253 g/mol. The second-order valence-corrected chi connectivity index (χ2v) is 4.99. The molecule has 4 N–H and O–H groups in total. The van der Waals surface area contributed by atoms with Crippen molar-refractivity contribution in [2.45, 2.75) is 32.2 Å². The molecule has 96 valence electrons. The molecule has 0 spiro atoms. The topological polar surface area (TPSA) is 111 Å². The van der Waals surface area contributed by atoms with Gasteiger partial charge in [-0.25, -0.2) is 9.52 Å². The zero-order chi connectivity index (χ0) is 12.8. The summed E-state index contributed by atoms with van der Waals surface area (Å²) in [4.78, 5) is 10.7. The van der Waals surface area contributed by atoms with Gasteiger partial charge in [-0.2, -0.15) is 13.1 Å². The molecule has 0 aromatic rings. The van der Waals surface area contributed by atoms with Gasteiger partial charge in [-0.3, -0.25) is 0 Å². The maximum Gasteiger partial charge on any atom is 0.421 e. The van der Waals surface area contributed by atoms with E-state index >= 15 is 0 Å². The highest BCUT2D eigenvalue weighted by atomic mass is 32.2. The molecular formula is C8H19N3O4S. The molecule has 0 aromatic heterocycles. The van der Waals surface area contributed by atoms with Crippen LogP contribution < -0.4 is 15.2 Å². The van der Waals surface area contributed by atoms with Crippen LogP contribution in [-0.4, -0.2) is 33.7 Å². The van der Waals surface area contributed by atoms with Crippen LogP contribution in [0.2, 0.25) is 0 Å². The Kier molecular flexibility index (Phi) is 5.70. The third-order valence-corrected chi connectivity index (χ3v) is 3.39. The smallest absolute Gasteiger partial charge is 0.421 e. The predicted molar refractivity (Wildman–Crippen MR) is 60.0 cm³/mol. The molecule has 0 fully saturated rings. The highest BCUT2D eigenvalue weighted by molar-refractivity contribution is 7.88. The quantitative estimate of drug-likeness (QED) is 0.601. The molecule has 0 rings (SSSR count). The van der Waals surface area contributed by atoms with Crippen molar-refractivity contribution in [3.8, 4) is 0 Å². The zero-order valence-electron chi connectivity index (χ0n) is 9.74. The summed E-state index contributed by atoms with van der Waals surface area (Å²) in [5.41, 5.74) is 5.29. The van der Waals surface area contributed by atoms with Crippen LogP contribution in [0.5, 0.6) is 0 Å². The molecular weight excluding hydrogens is 234 g/mol. The van der Waals surface area contributed by atoms with Crippen molar-refractivity contribution in [1.29, 1.82) is 0 Å². The number of methoxy groups -OCH3 is 1. The van der Waals surface area contributed by atoms with E-state index in [4.69, 9.17) is 5.73 Å². The fourth-order valence-electron chi connectivity index (χ4n) is 0.926. The number of nitrogens with one attached hydrogen (secondary N) is 2. The lowest BCUT2D eigenvalue weighted by molar-refractivity contribution is 0.177. The first-order chi connectivity index (χ1) is 7.28. The maximum absolute atomic E-state index is 11.3. The van der Waals surface area contributed by atoms with E-state index in [0.717, 1.165) is 7.11 Å². The van der Waals surface area contributed by atoms with Gasteiger partial charge in [-0.1, -0.05) is 13.8 Å². The van der Waals surface area contributed by atoms with Gasteiger partial charge in [0.1, 0.15) is 0 Å². The van der Waals surface area contributed by atoms with Gasteiger partial charge in [-0.05, 0) is 12.8 Å².